The van der Waals surface area contributed by atoms with E-state index in [9.17, 15) is 19.5 Å². The second-order valence-corrected chi connectivity index (χ2v) is 9.63. The number of nitrogens with two attached hydrogens (primary N) is 1. The fourth-order valence-corrected chi connectivity index (χ4v) is 4.46. The minimum atomic E-state index is -1.15. The molecule has 0 radical (unpaired) electrons. The molecular formula is C24H44N2O6S. The Morgan fingerprint density at radius 1 is 0.939 bits per heavy atom. The molecule has 33 heavy (non-hydrogen) atoms. The van der Waals surface area contributed by atoms with E-state index >= 15 is 0 Å². The number of aliphatic hydroxyl groups is 1. The van der Waals surface area contributed by atoms with Crippen LogP contribution in [0.2, 0.25) is 0 Å². The lowest BCUT2D eigenvalue weighted by Crippen LogP contribution is -2.44. The number of nitrogens with one attached hydrogen (secondary N) is 1. The summed E-state index contributed by atoms with van der Waals surface area (Å²) in [6.45, 7) is 1.73. The molecule has 0 rings (SSSR count). The fraction of sp³-hybridized carbons (Fsp3) is 0.792. The number of aliphatic hydroxyl groups excluding tert-OH is 1. The van der Waals surface area contributed by atoms with Gasteiger partial charge in [-0.2, -0.15) is 0 Å². The van der Waals surface area contributed by atoms with E-state index in [1.807, 2.05) is 12.2 Å². The number of carboxylic acid groups (broad SMARTS) is 2. The molecular weight excluding hydrogens is 444 g/mol. The molecule has 9 heteroatoms. The number of unbranched alkanes of at least 4 members (excludes halogenated alkanes) is 10. The molecule has 1 amide bonds. The zero-order chi connectivity index (χ0) is 24.9. The third-order valence-electron chi connectivity index (χ3n) is 5.30. The number of hydrogen-bond acceptors (Lipinski definition) is 6. The van der Waals surface area contributed by atoms with Gasteiger partial charge in [-0.25, -0.2) is 0 Å². The van der Waals surface area contributed by atoms with Crippen molar-refractivity contribution >= 4 is 29.6 Å². The van der Waals surface area contributed by atoms with Gasteiger partial charge >= 0.3 is 11.9 Å². The maximum atomic E-state index is 11.8. The molecule has 192 valence electrons. The van der Waals surface area contributed by atoms with Gasteiger partial charge < -0.3 is 26.4 Å². The average Bonchev–Trinajstić information content (AvgIpc) is 2.78. The molecule has 0 fully saturated rings. The minimum Gasteiger partial charge on any atom is -0.481 e. The lowest BCUT2D eigenvalue weighted by atomic mass is 10.1. The third-order valence-corrected chi connectivity index (χ3v) is 6.71. The van der Waals surface area contributed by atoms with Crippen LogP contribution in [-0.2, 0) is 14.4 Å². The summed E-state index contributed by atoms with van der Waals surface area (Å²) < 4.78 is 0. The van der Waals surface area contributed by atoms with Crippen LogP contribution in [0.5, 0.6) is 0 Å². The average molecular weight is 489 g/mol. The van der Waals surface area contributed by atoms with Crippen molar-refractivity contribution in [1.29, 1.82) is 0 Å². The van der Waals surface area contributed by atoms with E-state index in [1.54, 1.807) is 0 Å². The second kappa shape index (κ2) is 21.0. The minimum absolute atomic E-state index is 0.107. The molecule has 0 aromatic carbocycles. The zero-order valence-electron chi connectivity index (χ0n) is 20.0. The van der Waals surface area contributed by atoms with Crippen LogP contribution in [0.4, 0.5) is 0 Å². The van der Waals surface area contributed by atoms with Crippen molar-refractivity contribution in [3.8, 4) is 0 Å². The van der Waals surface area contributed by atoms with E-state index in [0.717, 1.165) is 19.3 Å². The number of carboxylic acids is 2. The van der Waals surface area contributed by atoms with Crippen molar-refractivity contribution < 1.29 is 29.7 Å². The number of allylic oxidation sites excluding steroid dienone is 1. The first-order valence-corrected chi connectivity index (χ1v) is 13.3. The molecule has 0 aromatic heterocycles. The first-order valence-electron chi connectivity index (χ1n) is 12.2. The standard InChI is InChI=1S/C24H44N2O6S/c1-2-3-4-5-6-7-8-9-10-11-12-13-14-21(20(27)15-16-22(28)29)33-18-19(25)24(32)26-17-23(30)31/h13-14,19-21,27H,2-12,15-18,25H2,1H3,(H,26,32)(H,28,29)(H,30,31)/b14-13-/t19-,20-,21+/m0/s1. The molecule has 0 saturated heterocycles. The Hall–Kier alpha value is -1.58. The summed E-state index contributed by atoms with van der Waals surface area (Å²) >= 11 is 1.27. The monoisotopic (exact) mass is 488 g/mol. The Bertz CT molecular complexity index is 573. The summed E-state index contributed by atoms with van der Waals surface area (Å²) in [5.74, 6) is -2.52. The molecule has 0 unspecified atom stereocenters. The smallest absolute Gasteiger partial charge is 0.322 e. The lowest BCUT2D eigenvalue weighted by Gasteiger charge is -2.21. The van der Waals surface area contributed by atoms with Crippen LogP contribution >= 0.6 is 11.8 Å². The van der Waals surface area contributed by atoms with Gasteiger partial charge in [0.15, 0.2) is 0 Å². The normalized spacial score (nSPS) is 14.2. The third kappa shape index (κ3) is 19.6. The van der Waals surface area contributed by atoms with Crippen LogP contribution in [-0.4, -0.2) is 62.9 Å². The number of hydrogen-bond donors (Lipinski definition) is 5. The summed E-state index contributed by atoms with van der Waals surface area (Å²) in [4.78, 5) is 33.2. The van der Waals surface area contributed by atoms with Crippen LogP contribution < -0.4 is 11.1 Å². The molecule has 6 N–H and O–H groups in total. The van der Waals surface area contributed by atoms with Gasteiger partial charge in [0.25, 0.3) is 0 Å². The van der Waals surface area contributed by atoms with E-state index < -0.39 is 36.5 Å². The largest absolute Gasteiger partial charge is 0.481 e. The van der Waals surface area contributed by atoms with Gasteiger partial charge in [-0.15, -0.1) is 11.8 Å². The Balaban J connectivity index is 4.32. The molecule has 0 aromatic rings. The number of rotatable bonds is 22. The van der Waals surface area contributed by atoms with Crippen molar-refractivity contribution in [2.45, 2.75) is 108 Å². The topological polar surface area (TPSA) is 150 Å². The predicted octanol–water partition coefficient (Wildman–Crippen LogP) is 3.71. The molecule has 0 aliphatic heterocycles. The Kier molecular flexibility index (Phi) is 20.0. The van der Waals surface area contributed by atoms with Crippen molar-refractivity contribution in [2.75, 3.05) is 12.3 Å². The van der Waals surface area contributed by atoms with Gasteiger partial charge in [0.05, 0.1) is 12.1 Å². The first-order chi connectivity index (χ1) is 15.8. The lowest BCUT2D eigenvalue weighted by molar-refractivity contribution is -0.138. The maximum absolute atomic E-state index is 11.8. The van der Waals surface area contributed by atoms with Crippen molar-refractivity contribution in [2.24, 2.45) is 5.73 Å². The van der Waals surface area contributed by atoms with E-state index in [2.05, 4.69) is 12.2 Å². The van der Waals surface area contributed by atoms with Crippen molar-refractivity contribution in [1.82, 2.24) is 5.32 Å². The summed E-state index contributed by atoms with van der Waals surface area (Å²) in [6, 6.07) is -0.918. The SMILES string of the molecule is CCCCCCCCCCCC/C=C\[C@@H](SC[C@H](N)C(=O)NCC(=O)O)[C@@H](O)CCC(=O)O. The highest BCUT2D eigenvalue weighted by atomic mass is 32.2. The van der Waals surface area contributed by atoms with Crippen molar-refractivity contribution in [3.05, 3.63) is 12.2 Å². The van der Waals surface area contributed by atoms with Gasteiger partial charge in [0.2, 0.25) is 5.91 Å². The molecule has 0 bridgehead atoms. The Labute approximate surface area is 202 Å². The second-order valence-electron chi connectivity index (χ2n) is 8.41. The summed E-state index contributed by atoms with van der Waals surface area (Å²) in [5, 5.41) is 29.8. The van der Waals surface area contributed by atoms with Gasteiger partial charge in [-0.05, 0) is 19.3 Å². The van der Waals surface area contributed by atoms with Gasteiger partial charge in [0.1, 0.15) is 6.54 Å². The van der Waals surface area contributed by atoms with Gasteiger partial charge in [0, 0.05) is 17.4 Å². The molecule has 0 aliphatic carbocycles. The van der Waals surface area contributed by atoms with E-state index in [4.69, 9.17) is 15.9 Å². The van der Waals surface area contributed by atoms with Crippen molar-refractivity contribution in [3.63, 3.8) is 0 Å². The zero-order valence-corrected chi connectivity index (χ0v) is 20.9. The van der Waals surface area contributed by atoms with Crippen LogP contribution in [0, 0.1) is 0 Å². The summed E-state index contributed by atoms with van der Waals surface area (Å²) in [6.07, 6.45) is 16.5. The highest BCUT2D eigenvalue weighted by Gasteiger charge is 2.21. The quantitative estimate of drug-likeness (QED) is 0.114. The molecule has 8 nitrogen and oxygen atoms in total. The highest BCUT2D eigenvalue weighted by Crippen LogP contribution is 2.21. The molecule has 0 aliphatic rings. The van der Waals surface area contributed by atoms with Crippen LogP contribution in [0.3, 0.4) is 0 Å². The van der Waals surface area contributed by atoms with Gasteiger partial charge in [-0.1, -0.05) is 76.9 Å². The predicted molar refractivity (Wildman–Crippen MR) is 133 cm³/mol. The molecule has 0 saturated carbocycles. The van der Waals surface area contributed by atoms with Crippen LogP contribution in [0.25, 0.3) is 0 Å². The van der Waals surface area contributed by atoms with Crippen LogP contribution in [0.15, 0.2) is 12.2 Å². The molecule has 3 atom stereocenters. The summed E-state index contributed by atoms with van der Waals surface area (Å²) in [7, 11) is 0. The number of aliphatic carboxylic acids is 2. The maximum Gasteiger partial charge on any atom is 0.322 e. The van der Waals surface area contributed by atoms with Gasteiger partial charge in [-0.3, -0.25) is 14.4 Å². The molecule has 0 heterocycles. The Morgan fingerprint density at radius 3 is 2.06 bits per heavy atom. The molecule has 0 spiro atoms. The highest BCUT2D eigenvalue weighted by molar-refractivity contribution is 8.00. The van der Waals surface area contributed by atoms with E-state index in [0.29, 0.717) is 0 Å². The fourth-order valence-electron chi connectivity index (χ4n) is 3.29. The summed E-state index contributed by atoms with van der Waals surface area (Å²) in [5.41, 5.74) is 5.82. The van der Waals surface area contributed by atoms with E-state index in [-0.39, 0.29) is 23.8 Å². The first kappa shape index (κ1) is 31.4. The van der Waals surface area contributed by atoms with E-state index in [1.165, 1.54) is 63.1 Å². The number of carbonyl (C=O) groups excluding carboxylic acids is 1. The number of amides is 1. The number of thioether (sulfide) groups is 1. The Morgan fingerprint density at radius 2 is 1.52 bits per heavy atom. The number of carbonyl (C=O) groups is 3. The van der Waals surface area contributed by atoms with Crippen LogP contribution in [0.1, 0.15) is 90.4 Å².